The van der Waals surface area contributed by atoms with Gasteiger partial charge >= 0.3 is 5.97 Å². The Morgan fingerprint density at radius 2 is 1.70 bits per heavy atom. The summed E-state index contributed by atoms with van der Waals surface area (Å²) in [5, 5.41) is 11.9. The van der Waals surface area contributed by atoms with Crippen LogP contribution in [0.25, 0.3) is 0 Å². The van der Waals surface area contributed by atoms with Crippen molar-refractivity contribution in [2.45, 2.75) is 59.8 Å². The first-order chi connectivity index (χ1) is 9.27. The molecule has 0 bridgehead atoms. The average Bonchev–Trinajstić information content (AvgIpc) is 2.82. The molecule has 1 fully saturated rings. The minimum Gasteiger partial charge on any atom is -0.478 e. The summed E-state index contributed by atoms with van der Waals surface area (Å²) < 4.78 is 0. The minimum absolute atomic E-state index is 0.117. The first kappa shape index (κ1) is 16.7. The molecule has 0 aliphatic heterocycles. The zero-order valence-electron chi connectivity index (χ0n) is 13.1. The molecule has 0 spiro atoms. The maximum absolute atomic E-state index is 12.0. The summed E-state index contributed by atoms with van der Waals surface area (Å²) in [4.78, 5) is 22.9. The van der Waals surface area contributed by atoms with Gasteiger partial charge < -0.3 is 10.4 Å². The number of hydrogen-bond donors (Lipinski definition) is 2. The summed E-state index contributed by atoms with van der Waals surface area (Å²) in [7, 11) is 0. The van der Waals surface area contributed by atoms with Gasteiger partial charge in [0.05, 0.1) is 0 Å². The van der Waals surface area contributed by atoms with E-state index in [-0.39, 0.29) is 16.9 Å². The van der Waals surface area contributed by atoms with Crippen molar-refractivity contribution in [1.82, 2.24) is 5.32 Å². The van der Waals surface area contributed by atoms with Crippen LogP contribution in [0.2, 0.25) is 0 Å². The molecule has 1 saturated carbocycles. The van der Waals surface area contributed by atoms with Gasteiger partial charge in [-0.05, 0) is 44.4 Å². The number of hydrogen-bond acceptors (Lipinski definition) is 2. The Bertz CT molecular complexity index is 404. The van der Waals surface area contributed by atoms with Crippen molar-refractivity contribution in [3.05, 3.63) is 11.1 Å². The van der Waals surface area contributed by atoms with E-state index in [1.165, 1.54) is 19.8 Å². The number of carboxylic acid groups (broad SMARTS) is 1. The van der Waals surface area contributed by atoms with Crippen LogP contribution in [0.3, 0.4) is 0 Å². The average molecular weight is 281 g/mol. The molecule has 114 valence electrons. The molecular formula is C16H27NO3. The molecule has 1 rings (SSSR count). The van der Waals surface area contributed by atoms with Gasteiger partial charge in [-0.3, -0.25) is 4.79 Å². The third kappa shape index (κ3) is 4.36. The minimum atomic E-state index is -1.03. The second kappa shape index (κ2) is 6.91. The third-order valence-corrected chi connectivity index (χ3v) is 4.35. The first-order valence-corrected chi connectivity index (χ1v) is 7.46. The Morgan fingerprint density at radius 1 is 1.15 bits per heavy atom. The van der Waals surface area contributed by atoms with Crippen LogP contribution < -0.4 is 5.32 Å². The molecule has 0 saturated heterocycles. The number of carboxylic acids is 1. The lowest BCUT2D eigenvalue weighted by Gasteiger charge is -2.31. The number of carbonyl (C=O) groups excluding carboxylic acids is 1. The van der Waals surface area contributed by atoms with E-state index in [0.29, 0.717) is 18.0 Å². The fourth-order valence-electron chi connectivity index (χ4n) is 3.18. The van der Waals surface area contributed by atoms with Gasteiger partial charge in [0, 0.05) is 17.7 Å². The Hall–Kier alpha value is -1.32. The summed E-state index contributed by atoms with van der Waals surface area (Å²) in [5.74, 6) is -0.669. The molecular weight excluding hydrogens is 254 g/mol. The van der Waals surface area contributed by atoms with E-state index in [1.807, 2.05) is 0 Å². The maximum Gasteiger partial charge on any atom is 0.331 e. The van der Waals surface area contributed by atoms with E-state index < -0.39 is 5.97 Å². The molecule has 0 atom stereocenters. The zero-order chi connectivity index (χ0) is 15.3. The van der Waals surface area contributed by atoms with Crippen molar-refractivity contribution in [3.63, 3.8) is 0 Å². The highest BCUT2D eigenvalue weighted by atomic mass is 16.4. The fraction of sp³-hybridized carbons (Fsp3) is 0.750. The lowest BCUT2D eigenvalue weighted by Crippen LogP contribution is -2.37. The van der Waals surface area contributed by atoms with Gasteiger partial charge in [0.15, 0.2) is 0 Å². The number of carbonyl (C=O) groups is 2. The van der Waals surface area contributed by atoms with Gasteiger partial charge in [-0.2, -0.15) is 0 Å². The lowest BCUT2D eigenvalue weighted by atomic mass is 9.78. The molecule has 0 radical (unpaired) electrons. The van der Waals surface area contributed by atoms with Crippen LogP contribution >= 0.6 is 0 Å². The molecule has 20 heavy (non-hydrogen) atoms. The van der Waals surface area contributed by atoms with Crippen LogP contribution in [-0.4, -0.2) is 23.5 Å². The summed E-state index contributed by atoms with van der Waals surface area (Å²) in [6, 6.07) is 0. The molecule has 1 aliphatic carbocycles. The quantitative estimate of drug-likeness (QED) is 0.735. The molecule has 0 unspecified atom stereocenters. The first-order valence-electron chi connectivity index (χ1n) is 7.46. The molecule has 4 nitrogen and oxygen atoms in total. The number of amides is 1. The highest BCUT2D eigenvalue weighted by Gasteiger charge is 2.34. The smallest absolute Gasteiger partial charge is 0.331 e. The van der Waals surface area contributed by atoms with Gasteiger partial charge in [-0.25, -0.2) is 4.79 Å². The van der Waals surface area contributed by atoms with Gasteiger partial charge in [0.1, 0.15) is 0 Å². The standard InChI is InChI=1S/C16H27NO3/c1-11(2)9-16(7-5-6-8-16)10-17-14(18)12(3)13(4)15(19)20/h11H,5-10H2,1-4H3,(H,17,18)(H,19,20). The zero-order valence-corrected chi connectivity index (χ0v) is 13.1. The molecule has 2 N–H and O–H groups in total. The predicted octanol–water partition coefficient (Wildman–Crippen LogP) is 3.13. The summed E-state index contributed by atoms with van der Waals surface area (Å²) in [5.41, 5.74) is 0.628. The predicted molar refractivity (Wildman–Crippen MR) is 79.4 cm³/mol. The van der Waals surface area contributed by atoms with E-state index in [9.17, 15) is 9.59 Å². The fourth-order valence-corrected chi connectivity index (χ4v) is 3.18. The van der Waals surface area contributed by atoms with Crippen molar-refractivity contribution in [2.24, 2.45) is 11.3 Å². The van der Waals surface area contributed by atoms with Crippen LogP contribution in [0.4, 0.5) is 0 Å². The highest BCUT2D eigenvalue weighted by molar-refractivity contribution is 6.01. The Balaban J connectivity index is 2.67. The molecule has 0 aromatic carbocycles. The largest absolute Gasteiger partial charge is 0.478 e. The van der Waals surface area contributed by atoms with Crippen LogP contribution in [0, 0.1) is 11.3 Å². The van der Waals surface area contributed by atoms with Gasteiger partial charge in [-0.1, -0.05) is 26.7 Å². The summed E-state index contributed by atoms with van der Waals surface area (Å²) in [6.07, 6.45) is 5.89. The second-order valence-electron chi connectivity index (χ2n) is 6.54. The Labute approximate surface area is 121 Å². The Morgan fingerprint density at radius 3 is 2.15 bits per heavy atom. The molecule has 0 heterocycles. The maximum atomic E-state index is 12.0. The number of nitrogens with one attached hydrogen (secondary N) is 1. The monoisotopic (exact) mass is 281 g/mol. The summed E-state index contributed by atoms with van der Waals surface area (Å²) in [6.45, 7) is 8.12. The molecule has 1 amide bonds. The highest BCUT2D eigenvalue weighted by Crippen LogP contribution is 2.42. The topological polar surface area (TPSA) is 66.4 Å². The van der Waals surface area contributed by atoms with E-state index in [2.05, 4.69) is 19.2 Å². The van der Waals surface area contributed by atoms with Gasteiger partial charge in [0.25, 0.3) is 0 Å². The lowest BCUT2D eigenvalue weighted by molar-refractivity contribution is -0.133. The van der Waals surface area contributed by atoms with E-state index in [0.717, 1.165) is 19.3 Å². The third-order valence-electron chi connectivity index (χ3n) is 4.35. The van der Waals surface area contributed by atoms with Gasteiger partial charge in [0.2, 0.25) is 5.91 Å². The molecule has 0 aromatic rings. The second-order valence-corrected chi connectivity index (χ2v) is 6.54. The van der Waals surface area contributed by atoms with Crippen LogP contribution in [-0.2, 0) is 9.59 Å². The number of rotatable bonds is 6. The van der Waals surface area contributed by atoms with Crippen molar-refractivity contribution in [2.75, 3.05) is 6.54 Å². The van der Waals surface area contributed by atoms with Crippen LogP contribution in [0.15, 0.2) is 11.1 Å². The molecule has 1 aliphatic rings. The number of aliphatic carboxylic acids is 1. The molecule has 4 heteroatoms. The Kier molecular flexibility index (Phi) is 5.78. The van der Waals surface area contributed by atoms with E-state index in [1.54, 1.807) is 6.92 Å². The molecule has 0 aromatic heterocycles. The summed E-state index contributed by atoms with van der Waals surface area (Å²) >= 11 is 0. The van der Waals surface area contributed by atoms with Crippen molar-refractivity contribution < 1.29 is 14.7 Å². The van der Waals surface area contributed by atoms with Crippen molar-refractivity contribution in [3.8, 4) is 0 Å². The van der Waals surface area contributed by atoms with Gasteiger partial charge in [-0.15, -0.1) is 0 Å². The van der Waals surface area contributed by atoms with Crippen LogP contribution in [0.5, 0.6) is 0 Å². The van der Waals surface area contributed by atoms with Crippen LogP contribution in [0.1, 0.15) is 59.8 Å². The van der Waals surface area contributed by atoms with E-state index in [4.69, 9.17) is 5.11 Å². The normalized spacial score (nSPS) is 18.9. The van der Waals surface area contributed by atoms with Crippen molar-refractivity contribution >= 4 is 11.9 Å². The SMILES string of the molecule is CC(C(=O)O)=C(C)C(=O)NCC1(CC(C)C)CCCC1. The van der Waals surface area contributed by atoms with E-state index >= 15 is 0 Å². The van der Waals surface area contributed by atoms with Crippen molar-refractivity contribution in [1.29, 1.82) is 0 Å².